The Balaban J connectivity index is 3.18. The Morgan fingerprint density at radius 3 is 2.36 bits per heavy atom. The molecule has 0 spiro atoms. The molecule has 1 aromatic rings. The molecule has 1 rings (SSSR count). The van der Waals surface area contributed by atoms with E-state index < -0.39 is 11.4 Å². The van der Waals surface area contributed by atoms with E-state index in [4.69, 9.17) is 11.6 Å². The predicted molar refractivity (Wildman–Crippen MR) is 56.8 cm³/mol. The predicted octanol–water partition coefficient (Wildman–Crippen LogP) is 2.66. The van der Waals surface area contributed by atoms with E-state index in [1.807, 2.05) is 25.1 Å². The molecule has 1 aromatic carbocycles. The molecule has 2 nitrogen and oxygen atoms in total. The van der Waals surface area contributed by atoms with Gasteiger partial charge in [0.05, 0.1) is 0 Å². The molecule has 0 radical (unpaired) electrons. The van der Waals surface area contributed by atoms with Gasteiger partial charge in [-0.15, -0.1) is 11.6 Å². The van der Waals surface area contributed by atoms with Gasteiger partial charge >= 0.3 is 5.97 Å². The number of hydrogen-bond donors (Lipinski definition) is 1. The number of alkyl halides is 1. The third kappa shape index (κ3) is 1.75. The minimum Gasteiger partial charge on any atom is -0.481 e. The van der Waals surface area contributed by atoms with Gasteiger partial charge in [0.1, 0.15) is 5.41 Å². The van der Waals surface area contributed by atoms with Crippen LogP contribution in [0.5, 0.6) is 0 Å². The minimum atomic E-state index is -0.942. The lowest BCUT2D eigenvalue weighted by molar-refractivity contribution is -0.143. The summed E-state index contributed by atoms with van der Waals surface area (Å²) in [4.78, 5) is 11.2. The van der Waals surface area contributed by atoms with Gasteiger partial charge in [0.25, 0.3) is 0 Å². The van der Waals surface area contributed by atoms with Crippen LogP contribution in [0, 0.1) is 0 Å². The van der Waals surface area contributed by atoms with Crippen molar-refractivity contribution in [1.82, 2.24) is 0 Å². The van der Waals surface area contributed by atoms with Crippen LogP contribution >= 0.6 is 11.6 Å². The smallest absolute Gasteiger partial charge is 0.315 e. The van der Waals surface area contributed by atoms with Crippen LogP contribution in [0.25, 0.3) is 0 Å². The summed E-state index contributed by atoms with van der Waals surface area (Å²) in [5, 5.41) is 9.19. The van der Waals surface area contributed by atoms with Crippen LogP contribution in [0.1, 0.15) is 18.9 Å². The maximum atomic E-state index is 11.2. The Labute approximate surface area is 88.5 Å². The lowest BCUT2D eigenvalue weighted by atomic mass is 9.80. The van der Waals surface area contributed by atoms with Crippen LogP contribution in [0.3, 0.4) is 0 Å². The molecule has 1 atom stereocenters. The van der Waals surface area contributed by atoms with Crippen LogP contribution in [-0.4, -0.2) is 17.0 Å². The lowest BCUT2D eigenvalue weighted by Gasteiger charge is -2.25. The molecule has 1 N–H and O–H groups in total. The second kappa shape index (κ2) is 4.47. The van der Waals surface area contributed by atoms with Gasteiger partial charge in [0.2, 0.25) is 0 Å². The molecular formula is C11H13ClO2. The molecule has 76 valence electrons. The number of carboxylic acids is 1. The SMILES string of the molecule is CCC(CCl)(C(=O)O)c1ccccc1. The number of hydrogen-bond acceptors (Lipinski definition) is 1. The number of carboxylic acid groups (broad SMARTS) is 1. The van der Waals surface area contributed by atoms with E-state index in [9.17, 15) is 9.90 Å². The zero-order valence-corrected chi connectivity index (χ0v) is 8.79. The number of aliphatic carboxylic acids is 1. The quantitative estimate of drug-likeness (QED) is 0.780. The number of rotatable bonds is 4. The van der Waals surface area contributed by atoms with Crippen molar-refractivity contribution in [3.05, 3.63) is 35.9 Å². The van der Waals surface area contributed by atoms with Gasteiger partial charge in [-0.1, -0.05) is 37.3 Å². The second-order valence-corrected chi connectivity index (χ2v) is 3.51. The molecular weight excluding hydrogens is 200 g/mol. The topological polar surface area (TPSA) is 37.3 Å². The van der Waals surface area contributed by atoms with Crippen molar-refractivity contribution in [2.75, 3.05) is 5.88 Å². The van der Waals surface area contributed by atoms with Crippen molar-refractivity contribution in [3.63, 3.8) is 0 Å². The molecule has 0 aromatic heterocycles. The highest BCUT2D eigenvalue weighted by Crippen LogP contribution is 2.29. The van der Waals surface area contributed by atoms with Gasteiger partial charge in [-0.05, 0) is 12.0 Å². The molecule has 0 aliphatic rings. The maximum absolute atomic E-state index is 11.2. The summed E-state index contributed by atoms with van der Waals surface area (Å²) in [5.41, 5.74) is -0.173. The van der Waals surface area contributed by atoms with E-state index in [0.29, 0.717) is 6.42 Å². The summed E-state index contributed by atoms with van der Waals surface area (Å²) in [6, 6.07) is 9.13. The fraction of sp³-hybridized carbons (Fsp3) is 0.364. The van der Waals surface area contributed by atoms with Gasteiger partial charge in [-0.25, -0.2) is 0 Å². The summed E-state index contributed by atoms with van der Waals surface area (Å²) in [7, 11) is 0. The molecule has 14 heavy (non-hydrogen) atoms. The first-order chi connectivity index (χ1) is 6.67. The fourth-order valence-corrected chi connectivity index (χ4v) is 1.92. The van der Waals surface area contributed by atoms with Crippen molar-refractivity contribution >= 4 is 17.6 Å². The zero-order chi connectivity index (χ0) is 10.6. The van der Waals surface area contributed by atoms with E-state index in [0.717, 1.165) is 5.56 Å². The third-order valence-electron chi connectivity index (χ3n) is 2.57. The average Bonchev–Trinajstić information content (AvgIpc) is 2.22. The van der Waals surface area contributed by atoms with Gasteiger partial charge in [0.15, 0.2) is 0 Å². The maximum Gasteiger partial charge on any atom is 0.315 e. The highest BCUT2D eigenvalue weighted by atomic mass is 35.5. The summed E-state index contributed by atoms with van der Waals surface area (Å²) in [6.45, 7) is 1.84. The highest BCUT2D eigenvalue weighted by molar-refractivity contribution is 6.20. The molecule has 0 saturated carbocycles. The summed E-state index contributed by atoms with van der Waals surface area (Å²) < 4.78 is 0. The van der Waals surface area contributed by atoms with E-state index in [2.05, 4.69) is 0 Å². The number of benzene rings is 1. The van der Waals surface area contributed by atoms with Crippen molar-refractivity contribution in [1.29, 1.82) is 0 Å². The molecule has 0 aliphatic carbocycles. The van der Waals surface area contributed by atoms with Crippen molar-refractivity contribution in [2.24, 2.45) is 0 Å². The Kier molecular flexibility index (Phi) is 3.53. The molecule has 0 bridgehead atoms. The van der Waals surface area contributed by atoms with Crippen LogP contribution in [0.2, 0.25) is 0 Å². The highest BCUT2D eigenvalue weighted by Gasteiger charge is 2.37. The Morgan fingerprint density at radius 2 is 2.00 bits per heavy atom. The van der Waals surface area contributed by atoms with Crippen molar-refractivity contribution in [2.45, 2.75) is 18.8 Å². The molecule has 0 fully saturated rings. The van der Waals surface area contributed by atoms with Gasteiger partial charge in [-0.3, -0.25) is 4.79 Å². The standard InChI is InChI=1S/C11H13ClO2/c1-2-11(8-12,10(13)14)9-6-4-3-5-7-9/h3-7H,2,8H2,1H3,(H,13,14). The molecule has 0 amide bonds. The first-order valence-electron chi connectivity index (χ1n) is 4.52. The molecule has 0 aliphatic heterocycles. The van der Waals surface area contributed by atoms with Crippen molar-refractivity contribution in [3.8, 4) is 0 Å². The van der Waals surface area contributed by atoms with E-state index in [1.165, 1.54) is 0 Å². The first-order valence-corrected chi connectivity index (χ1v) is 5.05. The average molecular weight is 213 g/mol. The van der Waals surface area contributed by atoms with Gasteiger partial charge < -0.3 is 5.11 Å². The molecule has 1 unspecified atom stereocenters. The van der Waals surface area contributed by atoms with Crippen molar-refractivity contribution < 1.29 is 9.90 Å². The monoisotopic (exact) mass is 212 g/mol. The van der Waals surface area contributed by atoms with Gasteiger partial charge in [-0.2, -0.15) is 0 Å². The summed E-state index contributed by atoms with van der Waals surface area (Å²) in [5.74, 6) is -0.760. The number of carbonyl (C=O) groups is 1. The minimum absolute atomic E-state index is 0.100. The largest absolute Gasteiger partial charge is 0.481 e. The first kappa shape index (κ1) is 11.1. The summed E-state index contributed by atoms with van der Waals surface area (Å²) in [6.07, 6.45) is 0.496. The fourth-order valence-electron chi connectivity index (χ4n) is 1.46. The lowest BCUT2D eigenvalue weighted by Crippen LogP contribution is -2.37. The molecule has 3 heteroatoms. The molecule has 0 heterocycles. The van der Waals surface area contributed by atoms with Crippen LogP contribution in [-0.2, 0) is 10.2 Å². The van der Waals surface area contributed by atoms with Gasteiger partial charge in [0, 0.05) is 5.88 Å². The summed E-state index contributed by atoms with van der Waals surface area (Å²) >= 11 is 5.77. The van der Waals surface area contributed by atoms with E-state index >= 15 is 0 Å². The number of halogens is 1. The Morgan fingerprint density at radius 1 is 1.43 bits per heavy atom. The van der Waals surface area contributed by atoms with E-state index in [-0.39, 0.29) is 5.88 Å². The Bertz CT molecular complexity index is 304. The Hall–Kier alpha value is -1.02. The van der Waals surface area contributed by atoms with E-state index in [1.54, 1.807) is 12.1 Å². The normalized spacial score (nSPS) is 14.7. The second-order valence-electron chi connectivity index (χ2n) is 3.24. The zero-order valence-electron chi connectivity index (χ0n) is 8.03. The van der Waals surface area contributed by atoms with Crippen LogP contribution in [0.4, 0.5) is 0 Å². The third-order valence-corrected chi connectivity index (χ3v) is 3.02. The van der Waals surface area contributed by atoms with Crippen LogP contribution < -0.4 is 0 Å². The molecule has 0 saturated heterocycles. The van der Waals surface area contributed by atoms with Crippen LogP contribution in [0.15, 0.2) is 30.3 Å².